The molecule has 2 aliphatic heterocycles. The number of nitrogens with one attached hydrogen (secondary N) is 1. The molecule has 4 heteroatoms. The van der Waals surface area contributed by atoms with Gasteiger partial charge in [-0.3, -0.25) is 0 Å². The van der Waals surface area contributed by atoms with Gasteiger partial charge in [-0.1, -0.05) is 20.8 Å². The van der Waals surface area contributed by atoms with Crippen LogP contribution in [0.3, 0.4) is 0 Å². The van der Waals surface area contributed by atoms with Crippen LogP contribution >= 0.6 is 0 Å². The van der Waals surface area contributed by atoms with Gasteiger partial charge in [0, 0.05) is 18.7 Å². The first-order valence-corrected chi connectivity index (χ1v) is 11.1. The Morgan fingerprint density at radius 1 is 1.20 bits per heavy atom. The van der Waals surface area contributed by atoms with Crippen molar-refractivity contribution in [3.05, 3.63) is 0 Å². The number of piperidine rings is 1. The molecule has 2 rings (SSSR count). The molecule has 0 saturated carbocycles. The quantitative estimate of drug-likeness (QED) is 0.603. The molecule has 2 atom stereocenters. The second kappa shape index (κ2) is 5.71. The first kappa shape index (κ1) is 16.5. The fourth-order valence-corrected chi connectivity index (χ4v) is 4.46. The molecule has 20 heavy (non-hydrogen) atoms. The van der Waals surface area contributed by atoms with E-state index in [1.165, 1.54) is 12.8 Å². The van der Waals surface area contributed by atoms with Gasteiger partial charge in [0.25, 0.3) is 0 Å². The van der Waals surface area contributed by atoms with Crippen LogP contribution in [-0.4, -0.2) is 37.7 Å². The summed E-state index contributed by atoms with van der Waals surface area (Å²) < 4.78 is 6.21. The van der Waals surface area contributed by atoms with Gasteiger partial charge in [0.2, 0.25) is 0 Å². The van der Waals surface area contributed by atoms with Crippen molar-refractivity contribution in [3.8, 4) is 0 Å². The fraction of sp³-hybridized carbons (Fsp3) is 1.00. The highest BCUT2D eigenvalue weighted by Gasteiger charge is 2.42. The van der Waals surface area contributed by atoms with Crippen LogP contribution in [0, 0.1) is 0 Å². The third-order valence-corrected chi connectivity index (χ3v) is 10.2. The van der Waals surface area contributed by atoms with Crippen LogP contribution in [0.5, 0.6) is 0 Å². The predicted octanol–water partition coefficient (Wildman–Crippen LogP) is 3.43. The van der Waals surface area contributed by atoms with Crippen molar-refractivity contribution in [2.75, 3.05) is 6.61 Å². The maximum absolute atomic E-state index is 10.8. The number of aliphatic hydroxyl groups is 1. The molecule has 0 spiro atoms. The highest BCUT2D eigenvalue weighted by Crippen LogP contribution is 2.38. The number of fused-ring (bicyclic) bond motifs is 2. The van der Waals surface area contributed by atoms with Gasteiger partial charge in [-0.05, 0) is 56.7 Å². The lowest BCUT2D eigenvalue weighted by molar-refractivity contribution is -0.0181. The van der Waals surface area contributed by atoms with Crippen molar-refractivity contribution in [3.63, 3.8) is 0 Å². The SMILES string of the molecule is CC(C)(C)[Si](C)(C)OCCCC1(O)CC2CCC(C1)N2. The van der Waals surface area contributed by atoms with E-state index in [0.29, 0.717) is 12.1 Å². The second-order valence-electron chi connectivity index (χ2n) is 8.48. The Balaban J connectivity index is 1.73. The van der Waals surface area contributed by atoms with Crippen LogP contribution in [0.1, 0.15) is 59.3 Å². The number of hydrogen-bond donors (Lipinski definition) is 2. The van der Waals surface area contributed by atoms with E-state index < -0.39 is 13.9 Å². The Labute approximate surface area is 125 Å². The maximum Gasteiger partial charge on any atom is 0.191 e. The van der Waals surface area contributed by atoms with Crippen molar-refractivity contribution in [2.45, 2.75) is 95.1 Å². The van der Waals surface area contributed by atoms with Crippen LogP contribution in [0.2, 0.25) is 18.1 Å². The van der Waals surface area contributed by atoms with Crippen LogP contribution in [0.15, 0.2) is 0 Å². The normalized spacial score (nSPS) is 34.5. The summed E-state index contributed by atoms with van der Waals surface area (Å²) in [6.45, 7) is 12.2. The number of hydrogen-bond acceptors (Lipinski definition) is 3. The first-order chi connectivity index (χ1) is 9.11. The highest BCUT2D eigenvalue weighted by molar-refractivity contribution is 6.74. The molecule has 0 aromatic rings. The maximum atomic E-state index is 10.8. The lowest BCUT2D eigenvalue weighted by atomic mass is 9.84. The molecular formula is C16H33NO2Si. The summed E-state index contributed by atoms with van der Waals surface area (Å²) in [4.78, 5) is 0. The van der Waals surface area contributed by atoms with E-state index in [9.17, 15) is 5.11 Å². The summed E-state index contributed by atoms with van der Waals surface area (Å²) in [5, 5.41) is 14.6. The van der Waals surface area contributed by atoms with Crippen molar-refractivity contribution in [1.29, 1.82) is 0 Å². The molecule has 0 aromatic carbocycles. The molecule has 3 nitrogen and oxygen atoms in total. The molecule has 2 N–H and O–H groups in total. The zero-order valence-corrected chi connectivity index (χ0v) is 15.0. The molecule has 0 aliphatic carbocycles. The first-order valence-electron chi connectivity index (χ1n) is 8.24. The molecule has 0 radical (unpaired) electrons. The van der Waals surface area contributed by atoms with E-state index >= 15 is 0 Å². The molecule has 118 valence electrons. The molecular weight excluding hydrogens is 266 g/mol. The lowest BCUT2D eigenvalue weighted by Crippen LogP contribution is -2.48. The van der Waals surface area contributed by atoms with Crippen molar-refractivity contribution >= 4 is 8.32 Å². The van der Waals surface area contributed by atoms with Gasteiger partial charge in [0.05, 0.1) is 5.60 Å². The average molecular weight is 300 g/mol. The van der Waals surface area contributed by atoms with Gasteiger partial charge in [0.15, 0.2) is 8.32 Å². The van der Waals surface area contributed by atoms with Gasteiger partial charge in [-0.25, -0.2) is 0 Å². The third-order valence-electron chi connectivity index (χ3n) is 5.64. The highest BCUT2D eigenvalue weighted by atomic mass is 28.4. The summed E-state index contributed by atoms with van der Waals surface area (Å²) >= 11 is 0. The van der Waals surface area contributed by atoms with E-state index in [2.05, 4.69) is 39.2 Å². The van der Waals surface area contributed by atoms with Crippen molar-refractivity contribution in [2.24, 2.45) is 0 Å². The topological polar surface area (TPSA) is 41.5 Å². The average Bonchev–Trinajstić information content (AvgIpc) is 2.63. The van der Waals surface area contributed by atoms with E-state index in [0.717, 1.165) is 32.3 Å². The summed E-state index contributed by atoms with van der Waals surface area (Å²) in [6, 6.07) is 1.11. The Morgan fingerprint density at radius 2 is 1.75 bits per heavy atom. The minimum Gasteiger partial charge on any atom is -0.417 e. The van der Waals surface area contributed by atoms with Gasteiger partial charge < -0.3 is 14.8 Å². The summed E-state index contributed by atoms with van der Waals surface area (Å²) in [6.07, 6.45) is 6.24. The molecule has 2 fully saturated rings. The smallest absolute Gasteiger partial charge is 0.191 e. The van der Waals surface area contributed by atoms with Crippen LogP contribution in [0.4, 0.5) is 0 Å². The predicted molar refractivity (Wildman–Crippen MR) is 86.5 cm³/mol. The van der Waals surface area contributed by atoms with Gasteiger partial charge in [0.1, 0.15) is 0 Å². The summed E-state index contributed by atoms with van der Waals surface area (Å²) in [7, 11) is -1.62. The van der Waals surface area contributed by atoms with E-state index in [1.54, 1.807) is 0 Å². The molecule has 0 aromatic heterocycles. The largest absolute Gasteiger partial charge is 0.417 e. The molecule has 2 bridgehead atoms. The Morgan fingerprint density at radius 3 is 2.25 bits per heavy atom. The monoisotopic (exact) mass is 299 g/mol. The van der Waals surface area contributed by atoms with E-state index in [-0.39, 0.29) is 5.04 Å². The van der Waals surface area contributed by atoms with Gasteiger partial charge in [-0.15, -0.1) is 0 Å². The molecule has 2 unspecified atom stereocenters. The van der Waals surface area contributed by atoms with E-state index in [4.69, 9.17) is 4.43 Å². The zero-order chi connectivity index (χ0) is 15.0. The summed E-state index contributed by atoms with van der Waals surface area (Å²) in [5.41, 5.74) is -0.437. The van der Waals surface area contributed by atoms with Crippen LogP contribution < -0.4 is 5.32 Å². The zero-order valence-electron chi connectivity index (χ0n) is 14.0. The Hall–Kier alpha value is 0.0969. The minimum absolute atomic E-state index is 0.276. The lowest BCUT2D eigenvalue weighted by Gasteiger charge is -2.38. The fourth-order valence-electron chi connectivity index (χ4n) is 3.37. The molecule has 2 heterocycles. The van der Waals surface area contributed by atoms with Crippen LogP contribution in [-0.2, 0) is 4.43 Å². The molecule has 2 aliphatic rings. The Kier molecular flexibility index (Phi) is 4.70. The van der Waals surface area contributed by atoms with Crippen LogP contribution in [0.25, 0.3) is 0 Å². The molecule has 0 amide bonds. The second-order valence-corrected chi connectivity index (χ2v) is 13.3. The van der Waals surface area contributed by atoms with E-state index in [1.807, 2.05) is 0 Å². The van der Waals surface area contributed by atoms with Gasteiger partial charge >= 0.3 is 0 Å². The third kappa shape index (κ3) is 3.84. The summed E-state index contributed by atoms with van der Waals surface area (Å²) in [5.74, 6) is 0. The van der Waals surface area contributed by atoms with Gasteiger partial charge in [-0.2, -0.15) is 0 Å². The Bertz CT molecular complexity index is 326. The number of rotatable bonds is 5. The standard InChI is InChI=1S/C16H33NO2Si/c1-15(2,3)20(4,5)19-10-6-9-16(18)11-13-7-8-14(12-16)17-13/h13-14,17-18H,6-12H2,1-5H3. The van der Waals surface area contributed by atoms with Crippen molar-refractivity contribution in [1.82, 2.24) is 5.32 Å². The minimum atomic E-state index is -1.62. The van der Waals surface area contributed by atoms with Crippen molar-refractivity contribution < 1.29 is 9.53 Å². The molecule has 2 saturated heterocycles.